The predicted octanol–water partition coefficient (Wildman–Crippen LogP) is 2.60. The van der Waals surface area contributed by atoms with Crippen molar-refractivity contribution in [2.75, 3.05) is 26.2 Å². The second-order valence-corrected chi connectivity index (χ2v) is 6.22. The molecule has 0 spiro atoms. The number of carbonyl (C=O) groups is 1. The monoisotopic (exact) mass is 313 g/mol. The van der Waals surface area contributed by atoms with E-state index in [9.17, 15) is 4.79 Å². The number of benzene rings is 1. The molecule has 1 saturated heterocycles. The number of rotatable bonds is 2. The maximum Gasteiger partial charge on any atom is 0.289 e. The molecule has 1 N–H and O–H groups in total. The number of nitrogens with one attached hydrogen (secondary N) is 1. The van der Waals surface area contributed by atoms with Gasteiger partial charge in [0.15, 0.2) is 16.5 Å². The summed E-state index contributed by atoms with van der Waals surface area (Å²) in [6.45, 7) is 3.10. The van der Waals surface area contributed by atoms with Gasteiger partial charge in [-0.2, -0.15) is 0 Å². The van der Waals surface area contributed by atoms with Gasteiger partial charge in [-0.05, 0) is 24.3 Å². The number of nitrogens with zero attached hydrogens (tertiary/aromatic N) is 2. The van der Waals surface area contributed by atoms with E-state index in [0.29, 0.717) is 11.5 Å². The van der Waals surface area contributed by atoms with Gasteiger partial charge < -0.3 is 14.6 Å². The van der Waals surface area contributed by atoms with Gasteiger partial charge in [0, 0.05) is 26.2 Å². The Morgan fingerprint density at radius 1 is 1.18 bits per heavy atom. The summed E-state index contributed by atoms with van der Waals surface area (Å²) in [5, 5.41) is 4.04. The van der Waals surface area contributed by atoms with Crippen molar-refractivity contribution in [1.82, 2.24) is 15.2 Å². The molecule has 22 heavy (non-hydrogen) atoms. The van der Waals surface area contributed by atoms with Crippen molar-refractivity contribution >= 4 is 27.5 Å². The van der Waals surface area contributed by atoms with E-state index in [1.165, 1.54) is 0 Å². The highest BCUT2D eigenvalue weighted by Gasteiger charge is 2.21. The van der Waals surface area contributed by atoms with E-state index >= 15 is 0 Å². The first-order valence-electron chi connectivity index (χ1n) is 7.27. The number of hydrogen-bond donors (Lipinski definition) is 1. The number of furan rings is 1. The molecule has 2 aromatic heterocycles. The second-order valence-electron chi connectivity index (χ2n) is 5.19. The molecule has 0 radical (unpaired) electrons. The smallest absolute Gasteiger partial charge is 0.289 e. The Balaban J connectivity index is 1.61. The van der Waals surface area contributed by atoms with E-state index in [4.69, 9.17) is 4.42 Å². The van der Waals surface area contributed by atoms with Crippen molar-refractivity contribution in [2.45, 2.75) is 0 Å². The third-order valence-corrected chi connectivity index (χ3v) is 4.78. The lowest BCUT2D eigenvalue weighted by Crippen LogP contribution is -2.46. The minimum atomic E-state index is -0.0474. The summed E-state index contributed by atoms with van der Waals surface area (Å²) in [5.41, 5.74) is 0.953. The van der Waals surface area contributed by atoms with E-state index in [0.717, 1.165) is 41.4 Å². The Hall–Kier alpha value is -2.18. The second kappa shape index (κ2) is 5.55. The lowest BCUT2D eigenvalue weighted by molar-refractivity contribution is 0.0704. The van der Waals surface area contributed by atoms with Crippen LogP contribution in [0.15, 0.2) is 40.8 Å². The molecule has 0 bridgehead atoms. The van der Waals surface area contributed by atoms with Gasteiger partial charge in [0.05, 0.1) is 10.2 Å². The molecule has 1 fully saturated rings. The summed E-state index contributed by atoms with van der Waals surface area (Å²) in [6, 6.07) is 11.5. The maximum absolute atomic E-state index is 12.4. The molecule has 1 amide bonds. The average molecular weight is 313 g/mol. The van der Waals surface area contributed by atoms with E-state index in [1.54, 1.807) is 17.4 Å². The Kier molecular flexibility index (Phi) is 3.40. The van der Waals surface area contributed by atoms with Gasteiger partial charge in [-0.1, -0.05) is 12.1 Å². The lowest BCUT2D eigenvalue weighted by Gasteiger charge is -2.26. The number of hydrogen-bond acceptors (Lipinski definition) is 5. The fraction of sp³-hybridized carbons (Fsp3) is 0.250. The fourth-order valence-corrected chi connectivity index (χ4v) is 3.50. The molecular formula is C16H15N3O2S. The molecule has 112 valence electrons. The number of aromatic nitrogens is 1. The zero-order chi connectivity index (χ0) is 14.9. The highest BCUT2D eigenvalue weighted by Crippen LogP contribution is 2.31. The van der Waals surface area contributed by atoms with Crippen LogP contribution in [-0.4, -0.2) is 42.0 Å². The molecular weight excluding hydrogens is 298 g/mol. The van der Waals surface area contributed by atoms with Crippen LogP contribution >= 0.6 is 11.3 Å². The molecule has 6 heteroatoms. The number of thiazole rings is 1. The van der Waals surface area contributed by atoms with E-state index in [2.05, 4.69) is 10.3 Å². The van der Waals surface area contributed by atoms with Crippen LogP contribution in [0.3, 0.4) is 0 Å². The third-order valence-electron chi connectivity index (χ3n) is 3.73. The van der Waals surface area contributed by atoms with Crippen molar-refractivity contribution in [3.63, 3.8) is 0 Å². The maximum atomic E-state index is 12.4. The van der Waals surface area contributed by atoms with Gasteiger partial charge in [-0.3, -0.25) is 4.79 Å². The molecule has 3 aromatic rings. The highest BCUT2D eigenvalue weighted by molar-refractivity contribution is 7.21. The largest absolute Gasteiger partial charge is 0.448 e. The summed E-state index contributed by atoms with van der Waals surface area (Å²) in [7, 11) is 0. The Bertz CT molecular complexity index is 785. The summed E-state index contributed by atoms with van der Waals surface area (Å²) in [6.07, 6.45) is 0. The van der Waals surface area contributed by atoms with Gasteiger partial charge in [-0.15, -0.1) is 11.3 Å². The molecule has 1 aliphatic rings. The third kappa shape index (κ3) is 2.40. The van der Waals surface area contributed by atoms with E-state index in [1.807, 2.05) is 35.2 Å². The zero-order valence-electron chi connectivity index (χ0n) is 11.9. The van der Waals surface area contributed by atoms with E-state index < -0.39 is 0 Å². The molecule has 0 aliphatic carbocycles. The minimum Gasteiger partial charge on any atom is -0.448 e. The first kappa shape index (κ1) is 13.5. The van der Waals surface area contributed by atoms with Gasteiger partial charge in [0.1, 0.15) is 0 Å². The Morgan fingerprint density at radius 2 is 2.00 bits per heavy atom. The lowest BCUT2D eigenvalue weighted by atomic mass is 10.3. The van der Waals surface area contributed by atoms with Crippen LogP contribution in [0.4, 0.5) is 0 Å². The molecule has 5 nitrogen and oxygen atoms in total. The van der Waals surface area contributed by atoms with Crippen LogP contribution < -0.4 is 5.32 Å². The number of amides is 1. The van der Waals surface area contributed by atoms with Gasteiger partial charge in [-0.25, -0.2) is 4.98 Å². The van der Waals surface area contributed by atoms with E-state index in [-0.39, 0.29) is 5.91 Å². The quantitative estimate of drug-likeness (QED) is 0.790. The van der Waals surface area contributed by atoms with Crippen molar-refractivity contribution < 1.29 is 9.21 Å². The number of fused-ring (bicyclic) bond motifs is 1. The number of piperazine rings is 1. The predicted molar refractivity (Wildman–Crippen MR) is 86.1 cm³/mol. The van der Waals surface area contributed by atoms with Crippen LogP contribution in [-0.2, 0) is 0 Å². The number of para-hydroxylation sites is 1. The molecule has 0 saturated carbocycles. The van der Waals surface area contributed by atoms with Crippen molar-refractivity contribution in [3.8, 4) is 10.8 Å². The van der Waals surface area contributed by atoms with Crippen molar-refractivity contribution in [3.05, 3.63) is 42.2 Å². The van der Waals surface area contributed by atoms with Crippen LogP contribution in [0, 0.1) is 0 Å². The summed E-state index contributed by atoms with van der Waals surface area (Å²) in [5.74, 6) is 0.990. The fourth-order valence-electron chi connectivity index (χ4n) is 2.57. The highest BCUT2D eigenvalue weighted by atomic mass is 32.1. The Morgan fingerprint density at radius 3 is 2.82 bits per heavy atom. The average Bonchev–Trinajstić information content (AvgIpc) is 3.21. The topological polar surface area (TPSA) is 58.4 Å². The SMILES string of the molecule is O=C(c1ccc(-c2nc3ccccc3s2)o1)N1CCNCC1. The van der Waals surface area contributed by atoms with Gasteiger partial charge in [0.25, 0.3) is 5.91 Å². The standard InChI is InChI=1S/C16H15N3O2S/c20-16(19-9-7-17-8-10-19)13-6-5-12(21-13)15-18-11-3-1-2-4-14(11)22-15/h1-6,17H,7-10H2. The van der Waals surface area contributed by atoms with Crippen molar-refractivity contribution in [1.29, 1.82) is 0 Å². The van der Waals surface area contributed by atoms with Gasteiger partial charge in [0.2, 0.25) is 0 Å². The normalized spacial score (nSPS) is 15.4. The molecule has 0 unspecified atom stereocenters. The first-order chi connectivity index (χ1) is 10.8. The Labute approximate surface area is 131 Å². The molecule has 0 atom stereocenters. The van der Waals surface area contributed by atoms with Crippen molar-refractivity contribution in [2.24, 2.45) is 0 Å². The van der Waals surface area contributed by atoms with Crippen LogP contribution in [0.5, 0.6) is 0 Å². The summed E-state index contributed by atoms with van der Waals surface area (Å²) in [4.78, 5) is 18.8. The number of carbonyl (C=O) groups excluding carboxylic acids is 1. The molecule has 1 aromatic carbocycles. The minimum absolute atomic E-state index is 0.0474. The zero-order valence-corrected chi connectivity index (χ0v) is 12.7. The van der Waals surface area contributed by atoms with Crippen LogP contribution in [0.25, 0.3) is 21.0 Å². The van der Waals surface area contributed by atoms with Crippen LogP contribution in [0.1, 0.15) is 10.6 Å². The van der Waals surface area contributed by atoms with Crippen LogP contribution in [0.2, 0.25) is 0 Å². The summed E-state index contributed by atoms with van der Waals surface area (Å²) < 4.78 is 6.87. The molecule has 3 heterocycles. The summed E-state index contributed by atoms with van der Waals surface area (Å²) >= 11 is 1.57. The molecule has 1 aliphatic heterocycles. The van der Waals surface area contributed by atoms with Gasteiger partial charge >= 0.3 is 0 Å². The first-order valence-corrected chi connectivity index (χ1v) is 8.09. The molecule has 4 rings (SSSR count).